The normalized spacial score (nSPS) is 20.2. The van der Waals surface area contributed by atoms with Crippen molar-refractivity contribution in [3.8, 4) is 22.6 Å². The molecular formula is C33H32FN7O2. The van der Waals surface area contributed by atoms with Gasteiger partial charge in [0.25, 0.3) is 11.8 Å². The number of carbonyl (C=O) groups is 2. The van der Waals surface area contributed by atoms with E-state index >= 15 is 0 Å². The van der Waals surface area contributed by atoms with E-state index in [1.807, 2.05) is 37.3 Å². The summed E-state index contributed by atoms with van der Waals surface area (Å²) in [6.07, 6.45) is 3.28. The van der Waals surface area contributed by atoms with Crippen LogP contribution in [-0.4, -0.2) is 61.2 Å². The molecule has 2 amide bonds. The molecular weight excluding hydrogens is 545 g/mol. The molecule has 1 saturated heterocycles. The third-order valence-corrected chi connectivity index (χ3v) is 9.06. The molecule has 218 valence electrons. The molecule has 1 aliphatic carbocycles. The van der Waals surface area contributed by atoms with Gasteiger partial charge in [-0.3, -0.25) is 9.59 Å². The zero-order valence-electron chi connectivity index (χ0n) is 23.9. The lowest BCUT2D eigenvalue weighted by atomic mass is 10.0. The van der Waals surface area contributed by atoms with Crippen LogP contribution in [-0.2, 0) is 13.1 Å². The minimum atomic E-state index is -1.11. The van der Waals surface area contributed by atoms with Crippen LogP contribution in [0.5, 0.6) is 0 Å². The Balaban J connectivity index is 1.19. The minimum absolute atomic E-state index is 0.0457. The first-order chi connectivity index (χ1) is 20.8. The van der Waals surface area contributed by atoms with E-state index in [-0.39, 0.29) is 30.8 Å². The molecule has 1 aromatic carbocycles. The Hall–Kier alpha value is -4.57. The fraction of sp³-hybridized carbons (Fsp3) is 0.333. The first-order valence-electron chi connectivity index (χ1n) is 14.9. The monoisotopic (exact) mass is 577 g/mol. The fourth-order valence-electron chi connectivity index (χ4n) is 6.57. The molecule has 9 nitrogen and oxygen atoms in total. The zero-order valence-corrected chi connectivity index (χ0v) is 23.9. The van der Waals surface area contributed by atoms with Crippen molar-refractivity contribution in [2.75, 3.05) is 13.1 Å². The number of rotatable bonds is 5. The van der Waals surface area contributed by atoms with Crippen molar-refractivity contribution in [3.05, 3.63) is 77.0 Å². The molecule has 5 aromatic rings. The van der Waals surface area contributed by atoms with Crippen LogP contribution in [0.4, 0.5) is 4.39 Å². The van der Waals surface area contributed by atoms with Crippen LogP contribution in [0.1, 0.15) is 51.1 Å². The average molecular weight is 578 g/mol. The lowest BCUT2D eigenvalue weighted by Gasteiger charge is -2.32. The van der Waals surface area contributed by atoms with E-state index in [1.165, 1.54) is 17.7 Å². The number of carbonyl (C=O) groups excluding carboxylic acids is 2. The van der Waals surface area contributed by atoms with Gasteiger partial charge in [0.1, 0.15) is 17.5 Å². The van der Waals surface area contributed by atoms with Crippen molar-refractivity contribution in [1.82, 2.24) is 29.4 Å². The van der Waals surface area contributed by atoms with Gasteiger partial charge in [0.2, 0.25) is 0 Å². The Labute approximate surface area is 247 Å². The smallest absolute Gasteiger partial charge is 0.255 e. The number of halogens is 1. The molecule has 43 heavy (non-hydrogen) atoms. The molecule has 2 atom stereocenters. The second kappa shape index (κ2) is 9.74. The summed E-state index contributed by atoms with van der Waals surface area (Å²) in [7, 11) is 0. The Bertz CT molecular complexity index is 1950. The maximum absolute atomic E-state index is 14.2. The molecule has 10 heteroatoms. The number of aryl methyl sites for hydroxylation is 1. The van der Waals surface area contributed by atoms with Crippen LogP contribution in [0, 0.1) is 12.8 Å². The average Bonchev–Trinajstić information content (AvgIpc) is 3.53. The molecule has 8 rings (SSSR count). The number of nitrogens with one attached hydrogen (secondary N) is 1. The standard InChI is InChI=1S/C33H32FN7O2/c1-18-28-9-7-23(33(43)39-16-24(34)12-25(35)17-39)15-41(28)38-30(18)29-11-21-6-8-27(37-31(21)40(29)14-19-2-3-19)20-4-5-22-13-36-32(42)26(22)10-20/h4-11,15,19,24-25H,2-3,12-14,16-17,35H2,1H3,(H,36,42)/t24-,25-/m1/s1. The maximum atomic E-state index is 14.2. The number of hydrogen-bond acceptors (Lipinski definition) is 5. The minimum Gasteiger partial charge on any atom is -0.348 e. The van der Waals surface area contributed by atoms with Gasteiger partial charge in [0, 0.05) is 53.9 Å². The van der Waals surface area contributed by atoms with Crippen LogP contribution >= 0.6 is 0 Å². The van der Waals surface area contributed by atoms with E-state index in [4.69, 9.17) is 15.8 Å². The molecule has 6 heterocycles. The summed E-state index contributed by atoms with van der Waals surface area (Å²) in [5.74, 6) is 0.314. The fourth-order valence-corrected chi connectivity index (χ4v) is 6.57. The van der Waals surface area contributed by atoms with Crippen LogP contribution in [0.25, 0.3) is 39.2 Å². The molecule has 1 saturated carbocycles. The summed E-state index contributed by atoms with van der Waals surface area (Å²) < 4.78 is 18.2. The van der Waals surface area contributed by atoms with Crippen LogP contribution in [0.2, 0.25) is 0 Å². The summed E-state index contributed by atoms with van der Waals surface area (Å²) in [5, 5.41) is 8.87. The van der Waals surface area contributed by atoms with Crippen molar-refractivity contribution < 1.29 is 14.0 Å². The Kier molecular flexibility index (Phi) is 5.91. The summed E-state index contributed by atoms with van der Waals surface area (Å²) in [6, 6.07) is 15.5. The van der Waals surface area contributed by atoms with Crippen molar-refractivity contribution in [1.29, 1.82) is 0 Å². The zero-order chi connectivity index (χ0) is 29.4. The quantitative estimate of drug-likeness (QED) is 0.320. The highest BCUT2D eigenvalue weighted by atomic mass is 19.1. The Morgan fingerprint density at radius 1 is 1.12 bits per heavy atom. The second-order valence-electron chi connectivity index (χ2n) is 12.3. The summed E-state index contributed by atoms with van der Waals surface area (Å²) in [6.45, 7) is 3.86. The van der Waals surface area contributed by atoms with E-state index in [9.17, 15) is 14.0 Å². The van der Waals surface area contributed by atoms with Crippen molar-refractivity contribution >= 4 is 28.4 Å². The predicted octanol–water partition coefficient (Wildman–Crippen LogP) is 4.49. The maximum Gasteiger partial charge on any atom is 0.255 e. The highest BCUT2D eigenvalue weighted by Gasteiger charge is 2.30. The Morgan fingerprint density at radius 3 is 2.79 bits per heavy atom. The van der Waals surface area contributed by atoms with E-state index in [0.717, 1.165) is 56.9 Å². The predicted molar refractivity (Wildman–Crippen MR) is 161 cm³/mol. The van der Waals surface area contributed by atoms with Crippen molar-refractivity contribution in [2.45, 2.75) is 51.5 Å². The lowest BCUT2D eigenvalue weighted by molar-refractivity contribution is 0.0606. The van der Waals surface area contributed by atoms with Gasteiger partial charge < -0.3 is 20.5 Å². The lowest BCUT2D eigenvalue weighted by Crippen LogP contribution is -2.50. The largest absolute Gasteiger partial charge is 0.348 e. The summed E-state index contributed by atoms with van der Waals surface area (Å²) >= 11 is 0. The first-order valence-corrected chi connectivity index (χ1v) is 14.9. The van der Waals surface area contributed by atoms with E-state index < -0.39 is 6.17 Å². The number of benzene rings is 1. The summed E-state index contributed by atoms with van der Waals surface area (Å²) in [4.78, 5) is 32.2. The number of aromatic nitrogens is 4. The van der Waals surface area contributed by atoms with Crippen LogP contribution in [0.3, 0.4) is 0 Å². The van der Waals surface area contributed by atoms with Crippen molar-refractivity contribution in [3.63, 3.8) is 0 Å². The molecule has 3 N–H and O–H groups in total. The third-order valence-electron chi connectivity index (χ3n) is 9.06. The summed E-state index contributed by atoms with van der Waals surface area (Å²) in [5.41, 5.74) is 14.5. The van der Waals surface area contributed by atoms with Gasteiger partial charge in [-0.05, 0) is 74.1 Å². The number of nitrogens with zero attached hydrogens (tertiary/aromatic N) is 5. The topological polar surface area (TPSA) is 111 Å². The number of nitrogens with two attached hydrogens (primary N) is 1. The number of amides is 2. The van der Waals surface area contributed by atoms with Gasteiger partial charge in [-0.25, -0.2) is 13.9 Å². The van der Waals surface area contributed by atoms with Gasteiger partial charge in [-0.15, -0.1) is 0 Å². The molecule has 3 aliphatic rings. The highest BCUT2D eigenvalue weighted by Crippen LogP contribution is 2.37. The van der Waals surface area contributed by atoms with Crippen molar-refractivity contribution in [2.24, 2.45) is 11.7 Å². The van der Waals surface area contributed by atoms with Crippen LogP contribution < -0.4 is 11.1 Å². The molecule has 4 aromatic heterocycles. The molecule has 2 fully saturated rings. The number of likely N-dealkylation sites (tertiary alicyclic amines) is 1. The number of alkyl halides is 1. The molecule has 0 radical (unpaired) electrons. The highest BCUT2D eigenvalue weighted by molar-refractivity contribution is 5.99. The van der Waals surface area contributed by atoms with E-state index in [0.29, 0.717) is 30.1 Å². The number of fused-ring (bicyclic) bond motifs is 3. The third kappa shape index (κ3) is 4.48. The van der Waals surface area contributed by atoms with E-state index in [1.54, 1.807) is 16.8 Å². The molecule has 0 spiro atoms. The second-order valence-corrected chi connectivity index (χ2v) is 12.3. The first kappa shape index (κ1) is 26.1. The molecule has 0 bridgehead atoms. The van der Waals surface area contributed by atoms with E-state index in [2.05, 4.69) is 22.0 Å². The van der Waals surface area contributed by atoms with Gasteiger partial charge in [0.05, 0.1) is 29.0 Å². The number of hydrogen-bond donors (Lipinski definition) is 2. The molecule has 2 aliphatic heterocycles. The SMILES string of the molecule is Cc1c(-c2cc3ccc(-c4ccc5c(c4)C(=O)NC5)nc3n2CC2CC2)nn2cc(C(=O)N3C[C@H](N)C[C@@H](F)C3)ccc12. The van der Waals surface area contributed by atoms with Crippen LogP contribution in [0.15, 0.2) is 54.7 Å². The number of piperidine rings is 1. The molecule has 0 unspecified atom stereocenters. The van der Waals surface area contributed by atoms with Gasteiger partial charge in [0.15, 0.2) is 0 Å². The van der Waals surface area contributed by atoms with Gasteiger partial charge in [-0.1, -0.05) is 12.1 Å². The van der Waals surface area contributed by atoms with Gasteiger partial charge in [-0.2, -0.15) is 5.10 Å². The Morgan fingerprint density at radius 2 is 1.98 bits per heavy atom. The van der Waals surface area contributed by atoms with Gasteiger partial charge >= 0.3 is 0 Å². The number of pyridine rings is 2.